The van der Waals surface area contributed by atoms with Gasteiger partial charge in [0.25, 0.3) is 11.5 Å². The largest absolute Gasteiger partial charge is 0.435 e. The fourth-order valence-corrected chi connectivity index (χ4v) is 6.81. The van der Waals surface area contributed by atoms with Crippen molar-refractivity contribution < 1.29 is 31.2 Å². The Morgan fingerprint density at radius 3 is 2.26 bits per heavy atom. The van der Waals surface area contributed by atoms with Crippen molar-refractivity contribution in [2.24, 2.45) is 5.16 Å². The molecule has 0 bridgehead atoms. The lowest BCUT2D eigenvalue weighted by atomic mass is 9.86. The van der Waals surface area contributed by atoms with Gasteiger partial charge in [-0.05, 0) is 55.3 Å². The summed E-state index contributed by atoms with van der Waals surface area (Å²) in [6, 6.07) is 8.07. The topological polar surface area (TPSA) is 84.8 Å². The summed E-state index contributed by atoms with van der Waals surface area (Å²) in [6.45, 7) is 3.27. The van der Waals surface area contributed by atoms with Gasteiger partial charge in [-0.2, -0.15) is 13.2 Å². The maximum atomic E-state index is 14.2. The number of nitrogens with zero attached hydrogens (tertiary/aromatic N) is 1. The van der Waals surface area contributed by atoms with E-state index < -0.39 is 39.5 Å². The minimum atomic E-state index is -4.82. The number of rotatable bonds is 4. The average Bonchev–Trinajstić information content (AvgIpc) is 3.12. The first-order chi connectivity index (χ1) is 15.6. The Kier molecular flexibility index (Phi) is 5.94. The van der Waals surface area contributed by atoms with Crippen LogP contribution >= 0.6 is 23.2 Å². The summed E-state index contributed by atoms with van der Waals surface area (Å²) in [4.78, 5) is 17.7. The predicted molar refractivity (Wildman–Crippen MR) is 122 cm³/mol. The Hall–Kier alpha value is -2.30. The zero-order valence-electron chi connectivity index (χ0n) is 18.0. The first kappa shape index (κ1) is 24.8. The van der Waals surface area contributed by atoms with Crippen LogP contribution in [0.25, 0.3) is 0 Å². The molecule has 0 unspecified atom stereocenters. The van der Waals surface area contributed by atoms with Gasteiger partial charge in [0.1, 0.15) is 0 Å². The van der Waals surface area contributed by atoms with Crippen molar-refractivity contribution >= 4 is 44.7 Å². The van der Waals surface area contributed by atoms with E-state index in [0.717, 1.165) is 12.1 Å². The van der Waals surface area contributed by atoms with E-state index in [-0.39, 0.29) is 38.4 Å². The van der Waals surface area contributed by atoms with E-state index in [1.54, 1.807) is 13.8 Å². The fraction of sp³-hybridized carbons (Fsp3) is 0.364. The summed E-state index contributed by atoms with van der Waals surface area (Å²) in [6.07, 6.45) is -5.44. The van der Waals surface area contributed by atoms with E-state index in [1.165, 1.54) is 24.3 Å². The molecular weight excluding hydrogens is 516 g/mol. The van der Waals surface area contributed by atoms with Crippen LogP contribution in [0.2, 0.25) is 10.0 Å². The van der Waals surface area contributed by atoms with Gasteiger partial charge in [0.15, 0.2) is 9.84 Å². The Bertz CT molecular complexity index is 1300. The molecule has 4 rings (SSSR count). The number of sulfone groups is 1. The number of hydrogen-bond donors (Lipinski definition) is 1. The quantitative estimate of drug-likeness (QED) is 0.610. The second-order valence-corrected chi connectivity index (χ2v) is 11.8. The number of halogens is 5. The molecule has 12 heteroatoms. The average molecular weight is 535 g/mol. The number of alkyl halides is 3. The van der Waals surface area contributed by atoms with Crippen LogP contribution in [0.1, 0.15) is 40.4 Å². The molecule has 0 spiro atoms. The van der Waals surface area contributed by atoms with Crippen LogP contribution in [-0.2, 0) is 20.3 Å². The van der Waals surface area contributed by atoms with E-state index in [2.05, 4.69) is 10.5 Å². The van der Waals surface area contributed by atoms with Gasteiger partial charge in [0.05, 0.1) is 22.8 Å². The minimum Gasteiger partial charge on any atom is -0.374 e. The Morgan fingerprint density at radius 2 is 1.74 bits per heavy atom. The number of benzene rings is 2. The lowest BCUT2D eigenvalue weighted by Crippen LogP contribution is -2.63. The lowest BCUT2D eigenvalue weighted by molar-refractivity contribution is -0.275. The molecule has 1 amide bonds. The van der Waals surface area contributed by atoms with Gasteiger partial charge in [-0.1, -0.05) is 34.4 Å². The maximum absolute atomic E-state index is 14.2. The number of hydrogen-bond acceptors (Lipinski definition) is 5. The first-order valence-electron chi connectivity index (χ1n) is 10.1. The number of oxime groups is 1. The molecule has 2 aromatic carbocycles. The second kappa shape index (κ2) is 8.13. The van der Waals surface area contributed by atoms with Gasteiger partial charge >= 0.3 is 6.18 Å². The van der Waals surface area contributed by atoms with Gasteiger partial charge in [-0.25, -0.2) is 8.42 Å². The highest BCUT2D eigenvalue weighted by Crippen LogP contribution is 2.49. The SMILES string of the molecule is Cc1cc(C2=NO[C@@](c3cc(Cl)cc(Cl)c3)(C(F)(F)F)C2)ccc1C(=O)NC1(C)CS(=O)(=O)C1. The third-order valence-electron chi connectivity index (χ3n) is 5.81. The summed E-state index contributed by atoms with van der Waals surface area (Å²) < 4.78 is 65.5. The summed E-state index contributed by atoms with van der Waals surface area (Å²) in [7, 11) is -3.15. The van der Waals surface area contributed by atoms with Crippen molar-refractivity contribution in [3.8, 4) is 0 Å². The Morgan fingerprint density at radius 1 is 1.12 bits per heavy atom. The van der Waals surface area contributed by atoms with E-state index in [9.17, 15) is 26.4 Å². The zero-order valence-corrected chi connectivity index (χ0v) is 20.3. The molecule has 0 radical (unpaired) electrons. The van der Waals surface area contributed by atoms with Crippen LogP contribution in [0, 0.1) is 6.92 Å². The molecule has 2 aliphatic heterocycles. The van der Waals surface area contributed by atoms with Crippen molar-refractivity contribution in [3.05, 3.63) is 68.7 Å². The third-order valence-corrected chi connectivity index (χ3v) is 8.40. The molecule has 1 fully saturated rings. The first-order valence-corrected chi connectivity index (χ1v) is 12.6. The number of carbonyl (C=O) groups is 1. The van der Waals surface area contributed by atoms with Crippen LogP contribution in [0.15, 0.2) is 41.6 Å². The van der Waals surface area contributed by atoms with Gasteiger partial charge in [-0.3, -0.25) is 4.79 Å². The van der Waals surface area contributed by atoms with E-state index in [0.29, 0.717) is 11.1 Å². The van der Waals surface area contributed by atoms with E-state index in [4.69, 9.17) is 28.0 Å². The van der Waals surface area contributed by atoms with Crippen molar-refractivity contribution in [2.75, 3.05) is 11.5 Å². The molecule has 182 valence electrons. The number of carbonyl (C=O) groups excluding carboxylic acids is 1. The molecule has 2 aromatic rings. The molecule has 34 heavy (non-hydrogen) atoms. The normalized spacial score (nSPS) is 23.0. The molecule has 0 aromatic heterocycles. The standard InChI is InChI=1S/C22H19Cl2F3N2O4S/c1-12-5-13(3-4-17(12)19(30)28-20(2)10-34(31,32)11-20)18-9-21(33-29-18,22(25,26)27)14-6-15(23)8-16(24)7-14/h3-8H,9-11H2,1-2H3,(H,28,30)/t21-/m0/s1. The number of nitrogens with one attached hydrogen (secondary N) is 1. The van der Waals surface area contributed by atoms with Crippen LogP contribution < -0.4 is 5.32 Å². The monoisotopic (exact) mass is 534 g/mol. The van der Waals surface area contributed by atoms with Crippen molar-refractivity contribution in [1.29, 1.82) is 0 Å². The highest BCUT2D eigenvalue weighted by molar-refractivity contribution is 7.93. The minimum absolute atomic E-state index is 0.0299. The molecular formula is C22H19Cl2F3N2O4S. The van der Waals surface area contributed by atoms with Crippen LogP contribution in [0.5, 0.6) is 0 Å². The molecule has 1 N–H and O–H groups in total. The van der Waals surface area contributed by atoms with Crippen LogP contribution in [0.4, 0.5) is 13.2 Å². The number of aryl methyl sites for hydroxylation is 1. The van der Waals surface area contributed by atoms with Gasteiger partial charge in [0, 0.05) is 27.6 Å². The summed E-state index contributed by atoms with van der Waals surface area (Å²) in [5.74, 6) is -0.766. The van der Waals surface area contributed by atoms with Gasteiger partial charge < -0.3 is 10.2 Å². The summed E-state index contributed by atoms with van der Waals surface area (Å²) >= 11 is 11.8. The molecule has 2 aliphatic rings. The maximum Gasteiger partial charge on any atom is 0.435 e. The molecule has 2 heterocycles. The van der Waals surface area contributed by atoms with Gasteiger partial charge in [0.2, 0.25) is 0 Å². The second-order valence-electron chi connectivity index (χ2n) is 8.87. The highest BCUT2D eigenvalue weighted by Gasteiger charge is 2.62. The molecule has 6 nitrogen and oxygen atoms in total. The van der Waals surface area contributed by atoms with Crippen LogP contribution in [-0.4, -0.2) is 43.3 Å². The van der Waals surface area contributed by atoms with E-state index >= 15 is 0 Å². The third kappa shape index (κ3) is 4.50. The summed E-state index contributed by atoms with van der Waals surface area (Å²) in [5, 5.41) is 6.49. The Labute approximate surface area is 204 Å². The van der Waals surface area contributed by atoms with Gasteiger partial charge in [-0.15, -0.1) is 0 Å². The smallest absolute Gasteiger partial charge is 0.374 e. The Balaban J connectivity index is 1.58. The molecule has 1 saturated heterocycles. The fourth-order valence-electron chi connectivity index (χ4n) is 4.29. The van der Waals surface area contributed by atoms with Crippen LogP contribution in [0.3, 0.4) is 0 Å². The summed E-state index contributed by atoms with van der Waals surface area (Å²) in [5.41, 5.74) is -2.73. The van der Waals surface area contributed by atoms with E-state index in [1.807, 2.05) is 0 Å². The van der Waals surface area contributed by atoms with Crippen molar-refractivity contribution in [3.63, 3.8) is 0 Å². The molecule has 0 aliphatic carbocycles. The van der Waals surface area contributed by atoms with Crippen molar-refractivity contribution in [2.45, 2.75) is 37.6 Å². The highest BCUT2D eigenvalue weighted by atomic mass is 35.5. The van der Waals surface area contributed by atoms with Crippen molar-refractivity contribution in [1.82, 2.24) is 5.32 Å². The number of amides is 1. The zero-order chi connectivity index (χ0) is 25.1. The lowest BCUT2D eigenvalue weighted by Gasteiger charge is -2.38. The molecule has 0 saturated carbocycles. The molecule has 1 atom stereocenters. The predicted octanol–water partition coefficient (Wildman–Crippen LogP) is 4.80.